The van der Waals surface area contributed by atoms with Crippen molar-refractivity contribution in [3.63, 3.8) is 0 Å². The van der Waals surface area contributed by atoms with Gasteiger partial charge in [0.15, 0.2) is 17.3 Å². The summed E-state index contributed by atoms with van der Waals surface area (Å²) in [6.45, 7) is 0.808. The van der Waals surface area contributed by atoms with Crippen molar-refractivity contribution >= 4 is 16.6 Å². The number of hydrogen-bond donors (Lipinski definition) is 1. The van der Waals surface area contributed by atoms with Crippen LogP contribution in [0.25, 0.3) is 10.9 Å². The largest absolute Gasteiger partial charge is 0.493 e. The summed E-state index contributed by atoms with van der Waals surface area (Å²) in [4.78, 5) is 19.1. The molecule has 1 fully saturated rings. The Morgan fingerprint density at radius 1 is 1.03 bits per heavy atom. The predicted molar refractivity (Wildman–Crippen MR) is 137 cm³/mol. The van der Waals surface area contributed by atoms with Crippen LogP contribution in [-0.4, -0.2) is 46.0 Å². The van der Waals surface area contributed by atoms with E-state index in [1.807, 2.05) is 16.8 Å². The Bertz CT molecular complexity index is 1460. The Labute approximate surface area is 209 Å². The smallest absolute Gasteiger partial charge is 0.254 e. The van der Waals surface area contributed by atoms with Gasteiger partial charge in [-0.15, -0.1) is 5.10 Å². The normalized spacial score (nSPS) is 16.8. The molecular weight excluding hydrogens is 456 g/mol. The molecule has 1 aliphatic carbocycles. The fourth-order valence-corrected chi connectivity index (χ4v) is 5.82. The molecule has 4 aromatic rings. The van der Waals surface area contributed by atoms with Crippen LogP contribution in [0.2, 0.25) is 0 Å². The van der Waals surface area contributed by atoms with Crippen molar-refractivity contribution in [1.29, 1.82) is 0 Å². The quantitative estimate of drug-likeness (QED) is 0.436. The number of ether oxygens (including phenoxy) is 2. The minimum Gasteiger partial charge on any atom is -0.493 e. The van der Waals surface area contributed by atoms with Crippen LogP contribution >= 0.6 is 0 Å². The summed E-state index contributed by atoms with van der Waals surface area (Å²) < 4.78 is 12.9. The highest BCUT2D eigenvalue weighted by molar-refractivity contribution is 5.83. The van der Waals surface area contributed by atoms with Gasteiger partial charge in [0.2, 0.25) is 0 Å². The van der Waals surface area contributed by atoms with E-state index in [4.69, 9.17) is 9.47 Å². The third-order valence-electron chi connectivity index (χ3n) is 7.56. The summed E-state index contributed by atoms with van der Waals surface area (Å²) in [7, 11) is 3.20. The SMILES string of the molecule is COc1cc2cc([C@@H](c3nnnn3C3CCCC3)N3CCCc4ccccc43)c(=O)[nH]c2cc1OC. The lowest BCUT2D eigenvalue weighted by atomic mass is 9.96. The van der Waals surface area contributed by atoms with Gasteiger partial charge in [-0.25, -0.2) is 4.68 Å². The van der Waals surface area contributed by atoms with Gasteiger partial charge in [0.1, 0.15) is 6.04 Å². The molecule has 9 heteroatoms. The lowest BCUT2D eigenvalue weighted by Gasteiger charge is -2.37. The van der Waals surface area contributed by atoms with E-state index in [0.717, 1.165) is 43.3 Å². The molecule has 2 aliphatic rings. The topological polar surface area (TPSA) is 98.2 Å². The van der Waals surface area contributed by atoms with Crippen LogP contribution in [0.5, 0.6) is 11.5 Å². The van der Waals surface area contributed by atoms with Crippen molar-refractivity contribution in [2.75, 3.05) is 25.7 Å². The number of nitrogens with one attached hydrogen (secondary N) is 1. The lowest BCUT2D eigenvalue weighted by molar-refractivity contribution is 0.356. The first-order chi connectivity index (χ1) is 17.7. The number of aromatic nitrogens is 5. The second-order valence-corrected chi connectivity index (χ2v) is 9.60. The Morgan fingerprint density at radius 2 is 1.81 bits per heavy atom. The maximum absolute atomic E-state index is 13.7. The number of H-pyrrole nitrogens is 1. The Balaban J connectivity index is 1.56. The summed E-state index contributed by atoms with van der Waals surface area (Å²) >= 11 is 0. The van der Waals surface area contributed by atoms with E-state index in [1.54, 1.807) is 20.3 Å². The van der Waals surface area contributed by atoms with Crippen LogP contribution in [0.1, 0.15) is 61.1 Å². The number of rotatable bonds is 6. The van der Waals surface area contributed by atoms with Crippen molar-refractivity contribution in [1.82, 2.24) is 25.2 Å². The molecule has 1 saturated carbocycles. The Morgan fingerprint density at radius 3 is 2.61 bits per heavy atom. The lowest BCUT2D eigenvalue weighted by Crippen LogP contribution is -2.38. The van der Waals surface area contributed by atoms with E-state index >= 15 is 0 Å². The first-order valence-corrected chi connectivity index (χ1v) is 12.6. The van der Waals surface area contributed by atoms with Crippen LogP contribution in [0.3, 0.4) is 0 Å². The van der Waals surface area contributed by atoms with Gasteiger partial charge in [-0.05, 0) is 59.9 Å². The van der Waals surface area contributed by atoms with Gasteiger partial charge in [-0.1, -0.05) is 31.0 Å². The van der Waals surface area contributed by atoms with Gasteiger partial charge >= 0.3 is 0 Å². The van der Waals surface area contributed by atoms with Gasteiger partial charge in [0.05, 0.1) is 25.8 Å². The molecule has 36 heavy (non-hydrogen) atoms. The molecule has 0 radical (unpaired) electrons. The number of fused-ring (bicyclic) bond motifs is 2. The fourth-order valence-electron chi connectivity index (χ4n) is 5.82. The highest BCUT2D eigenvalue weighted by atomic mass is 16.5. The number of tetrazole rings is 1. The number of hydrogen-bond acceptors (Lipinski definition) is 7. The minimum atomic E-state index is -0.428. The van der Waals surface area contributed by atoms with Crippen molar-refractivity contribution in [3.8, 4) is 11.5 Å². The number of nitrogens with zero attached hydrogens (tertiary/aromatic N) is 5. The average molecular weight is 487 g/mol. The molecule has 1 aliphatic heterocycles. The number of pyridine rings is 1. The summed E-state index contributed by atoms with van der Waals surface area (Å²) in [6.07, 6.45) is 6.44. The van der Waals surface area contributed by atoms with Crippen molar-refractivity contribution in [2.24, 2.45) is 0 Å². The zero-order valence-electron chi connectivity index (χ0n) is 20.6. The maximum atomic E-state index is 13.7. The number of aromatic amines is 1. The molecule has 1 N–H and O–H groups in total. The van der Waals surface area contributed by atoms with Crippen LogP contribution in [0, 0.1) is 0 Å². The summed E-state index contributed by atoms with van der Waals surface area (Å²) in [5, 5.41) is 13.9. The number of para-hydroxylation sites is 1. The van der Waals surface area contributed by atoms with Gasteiger partial charge in [0.25, 0.3) is 5.56 Å². The first kappa shape index (κ1) is 22.6. The van der Waals surface area contributed by atoms with E-state index in [1.165, 1.54) is 18.4 Å². The number of anilines is 1. The second-order valence-electron chi connectivity index (χ2n) is 9.60. The first-order valence-electron chi connectivity index (χ1n) is 12.6. The van der Waals surface area contributed by atoms with E-state index in [9.17, 15) is 4.79 Å². The fraction of sp³-hybridized carbons (Fsp3) is 0.407. The highest BCUT2D eigenvalue weighted by Gasteiger charge is 2.35. The van der Waals surface area contributed by atoms with Gasteiger partial charge in [0, 0.05) is 29.2 Å². The summed E-state index contributed by atoms with van der Waals surface area (Å²) in [5.41, 5.74) is 3.54. The zero-order valence-corrected chi connectivity index (χ0v) is 20.6. The van der Waals surface area contributed by atoms with Gasteiger partial charge in [-0.2, -0.15) is 0 Å². The number of aryl methyl sites for hydroxylation is 1. The maximum Gasteiger partial charge on any atom is 0.254 e. The summed E-state index contributed by atoms with van der Waals surface area (Å²) in [6, 6.07) is 13.9. The Kier molecular flexibility index (Phi) is 5.83. The third kappa shape index (κ3) is 3.79. The third-order valence-corrected chi connectivity index (χ3v) is 7.56. The van der Waals surface area contributed by atoms with Gasteiger partial charge in [-0.3, -0.25) is 4.79 Å². The predicted octanol–water partition coefficient (Wildman–Crippen LogP) is 4.19. The van der Waals surface area contributed by atoms with E-state index in [-0.39, 0.29) is 11.6 Å². The molecule has 0 amide bonds. The molecule has 2 aromatic heterocycles. The molecule has 0 saturated heterocycles. The van der Waals surface area contributed by atoms with Crippen LogP contribution in [0.15, 0.2) is 47.3 Å². The molecule has 186 valence electrons. The minimum absolute atomic E-state index is 0.163. The summed E-state index contributed by atoms with van der Waals surface area (Å²) in [5.74, 6) is 1.89. The van der Waals surface area contributed by atoms with Crippen LogP contribution in [0.4, 0.5) is 5.69 Å². The van der Waals surface area contributed by atoms with E-state index < -0.39 is 6.04 Å². The average Bonchev–Trinajstić information content (AvgIpc) is 3.61. The zero-order chi connectivity index (χ0) is 24.6. The van der Waals surface area contributed by atoms with Gasteiger partial charge < -0.3 is 19.4 Å². The Hall–Kier alpha value is -3.88. The number of methoxy groups -OCH3 is 2. The van der Waals surface area contributed by atoms with Crippen molar-refractivity contribution in [3.05, 3.63) is 69.8 Å². The standard InChI is InChI=1S/C27H30N6O3/c1-35-23-15-18-14-20(27(34)28-21(18)16-24(23)36-2)25(26-29-30-31-33(26)19-10-4-5-11-19)32-13-7-9-17-8-3-6-12-22(17)32/h3,6,8,12,14-16,19,25H,4-5,7,9-11,13H2,1-2H3,(H,28,34)/t25-/m0/s1. The van der Waals surface area contributed by atoms with E-state index in [0.29, 0.717) is 28.4 Å². The molecular formula is C27H30N6O3. The molecule has 9 nitrogen and oxygen atoms in total. The molecule has 0 bridgehead atoms. The second kappa shape index (κ2) is 9.29. The molecule has 6 rings (SSSR count). The number of benzene rings is 2. The van der Waals surface area contributed by atoms with Crippen LogP contribution in [-0.2, 0) is 6.42 Å². The monoisotopic (exact) mass is 486 g/mol. The molecule has 0 spiro atoms. The highest BCUT2D eigenvalue weighted by Crippen LogP contribution is 2.39. The molecule has 1 atom stereocenters. The van der Waals surface area contributed by atoms with E-state index in [2.05, 4.69) is 49.7 Å². The molecule has 3 heterocycles. The van der Waals surface area contributed by atoms with Crippen molar-refractivity contribution < 1.29 is 9.47 Å². The van der Waals surface area contributed by atoms with Crippen molar-refractivity contribution in [2.45, 2.75) is 50.6 Å². The molecule has 0 unspecified atom stereocenters. The van der Waals surface area contributed by atoms with Crippen LogP contribution < -0.4 is 19.9 Å². The molecule has 2 aromatic carbocycles.